The summed E-state index contributed by atoms with van der Waals surface area (Å²) in [6.45, 7) is 9.99. The van der Waals surface area contributed by atoms with Gasteiger partial charge in [-0.3, -0.25) is 4.84 Å². The molecule has 1 heterocycles. The Morgan fingerprint density at radius 2 is 1.08 bits per heavy atom. The molecular weight excluding hydrogens is 532 g/mol. The lowest BCUT2D eigenvalue weighted by molar-refractivity contribution is -0.311. The monoisotopic (exact) mass is 570 g/mol. The summed E-state index contributed by atoms with van der Waals surface area (Å²) in [7, 11) is -9.02. The zero-order valence-electron chi connectivity index (χ0n) is 23.2. The van der Waals surface area contributed by atoms with E-state index in [9.17, 15) is 16.8 Å². The van der Waals surface area contributed by atoms with Crippen LogP contribution in [0.5, 0.6) is 0 Å². The molecule has 9 heteroatoms. The van der Waals surface area contributed by atoms with Gasteiger partial charge in [-0.1, -0.05) is 70.4 Å². The molecule has 0 bridgehead atoms. The number of benzene rings is 3. The van der Waals surface area contributed by atoms with Crippen LogP contribution in [0, 0.1) is 0 Å². The van der Waals surface area contributed by atoms with Crippen molar-refractivity contribution in [1.82, 2.24) is 8.77 Å². The SMILES string of the molecule is C[C@@H]([C@H](ON1C(C)(C)CCCC1(C)C)c1ccccc1)N(S(=O)(=O)c1ccccc1)S(=O)(=O)c1ccccc1. The second-order valence-corrected chi connectivity index (χ2v) is 15.2. The molecule has 0 spiro atoms. The van der Waals surface area contributed by atoms with Gasteiger partial charge in [0.1, 0.15) is 6.10 Å². The third-order valence-electron chi connectivity index (χ3n) is 7.35. The molecule has 3 aromatic rings. The van der Waals surface area contributed by atoms with Crippen molar-refractivity contribution in [1.29, 1.82) is 0 Å². The molecular formula is C30H38N2O5S2. The number of hydrogen-bond acceptors (Lipinski definition) is 6. The second-order valence-electron chi connectivity index (χ2n) is 11.3. The van der Waals surface area contributed by atoms with Gasteiger partial charge in [-0.25, -0.2) is 16.8 Å². The van der Waals surface area contributed by atoms with Gasteiger partial charge < -0.3 is 0 Å². The molecule has 0 unspecified atom stereocenters. The van der Waals surface area contributed by atoms with Crippen molar-refractivity contribution >= 4 is 20.0 Å². The van der Waals surface area contributed by atoms with E-state index >= 15 is 0 Å². The number of rotatable bonds is 9. The number of hydroxylamine groups is 2. The molecule has 7 nitrogen and oxygen atoms in total. The molecule has 1 saturated heterocycles. The van der Waals surface area contributed by atoms with Gasteiger partial charge >= 0.3 is 0 Å². The normalized spacial score (nSPS) is 19.4. The quantitative estimate of drug-likeness (QED) is 0.306. The van der Waals surface area contributed by atoms with E-state index in [4.69, 9.17) is 4.84 Å². The molecule has 1 aliphatic rings. The Morgan fingerprint density at radius 3 is 1.49 bits per heavy atom. The molecule has 0 saturated carbocycles. The third kappa shape index (κ3) is 5.98. The Kier molecular flexibility index (Phi) is 8.40. The van der Waals surface area contributed by atoms with Gasteiger partial charge in [0.2, 0.25) is 0 Å². The molecule has 2 atom stereocenters. The average Bonchev–Trinajstić information content (AvgIpc) is 2.89. The number of sulfonamides is 2. The number of piperidine rings is 1. The molecule has 0 aliphatic carbocycles. The Bertz CT molecular complexity index is 1370. The fourth-order valence-electron chi connectivity index (χ4n) is 5.52. The Morgan fingerprint density at radius 1 is 0.692 bits per heavy atom. The van der Waals surface area contributed by atoms with Crippen LogP contribution in [0.4, 0.5) is 0 Å². The van der Waals surface area contributed by atoms with E-state index < -0.39 is 32.2 Å². The summed E-state index contributed by atoms with van der Waals surface area (Å²) in [4.78, 5) is 6.56. The average molecular weight is 571 g/mol. The minimum atomic E-state index is -4.51. The van der Waals surface area contributed by atoms with Gasteiger partial charge in [-0.2, -0.15) is 5.06 Å². The van der Waals surface area contributed by atoms with Crippen molar-refractivity contribution in [2.24, 2.45) is 0 Å². The van der Waals surface area contributed by atoms with Crippen LogP contribution in [0.1, 0.15) is 65.5 Å². The fraction of sp³-hybridized carbons (Fsp3) is 0.400. The Labute approximate surface area is 233 Å². The Balaban J connectivity index is 1.90. The first-order valence-electron chi connectivity index (χ1n) is 13.2. The summed E-state index contributed by atoms with van der Waals surface area (Å²) in [5.41, 5.74) is -0.0232. The molecule has 1 fully saturated rings. The van der Waals surface area contributed by atoms with E-state index in [-0.39, 0.29) is 20.9 Å². The summed E-state index contributed by atoms with van der Waals surface area (Å²) in [6.07, 6.45) is 1.89. The zero-order valence-corrected chi connectivity index (χ0v) is 24.8. The van der Waals surface area contributed by atoms with Crippen LogP contribution in [0.3, 0.4) is 0 Å². The van der Waals surface area contributed by atoms with Crippen molar-refractivity contribution in [3.8, 4) is 0 Å². The minimum Gasteiger partial charge on any atom is -0.288 e. The minimum absolute atomic E-state index is 0.109. The molecule has 1 aliphatic heterocycles. The van der Waals surface area contributed by atoms with Crippen molar-refractivity contribution < 1.29 is 21.7 Å². The van der Waals surface area contributed by atoms with Crippen LogP contribution >= 0.6 is 0 Å². The highest BCUT2D eigenvalue weighted by Gasteiger charge is 2.48. The van der Waals surface area contributed by atoms with Crippen LogP contribution in [-0.4, -0.2) is 42.7 Å². The molecule has 0 aromatic heterocycles. The maximum absolute atomic E-state index is 14.2. The summed E-state index contributed by atoms with van der Waals surface area (Å²) in [5, 5.41) is 1.94. The lowest BCUT2D eigenvalue weighted by Gasteiger charge is -2.53. The largest absolute Gasteiger partial charge is 0.288 e. The first-order valence-corrected chi connectivity index (χ1v) is 16.1. The molecule has 39 heavy (non-hydrogen) atoms. The van der Waals surface area contributed by atoms with E-state index in [2.05, 4.69) is 27.7 Å². The van der Waals surface area contributed by atoms with E-state index in [0.29, 0.717) is 9.27 Å². The van der Waals surface area contributed by atoms with Crippen molar-refractivity contribution in [3.05, 3.63) is 96.6 Å². The van der Waals surface area contributed by atoms with Gasteiger partial charge in [0.25, 0.3) is 20.0 Å². The first kappa shape index (κ1) is 29.4. The van der Waals surface area contributed by atoms with Gasteiger partial charge in [0.05, 0.1) is 15.8 Å². The van der Waals surface area contributed by atoms with Crippen LogP contribution in [0.25, 0.3) is 0 Å². The Hall–Kier alpha value is -2.56. The molecule has 3 aromatic carbocycles. The van der Waals surface area contributed by atoms with E-state index in [1.54, 1.807) is 43.3 Å². The maximum atomic E-state index is 14.2. The van der Waals surface area contributed by atoms with Crippen LogP contribution < -0.4 is 0 Å². The third-order valence-corrected chi connectivity index (χ3v) is 11.9. The highest BCUT2D eigenvalue weighted by molar-refractivity contribution is 8.04. The predicted octanol–water partition coefficient (Wildman–Crippen LogP) is 6.17. The number of nitrogens with zero attached hydrogens (tertiary/aromatic N) is 2. The van der Waals surface area contributed by atoms with Gasteiger partial charge in [-0.05, 0) is 83.7 Å². The van der Waals surface area contributed by atoms with E-state index in [1.807, 2.05) is 35.4 Å². The summed E-state index contributed by atoms with van der Waals surface area (Å²) >= 11 is 0. The molecule has 4 rings (SSSR count). The molecule has 210 valence electrons. The van der Waals surface area contributed by atoms with Crippen molar-refractivity contribution in [3.63, 3.8) is 0 Å². The standard InChI is InChI=1S/C30H38N2O5S2/c1-24(28(25-16-9-6-10-17-25)37-32-29(2,3)22-15-23-30(32,4)5)31(38(33,34)26-18-11-7-12-19-26)39(35,36)27-20-13-8-14-21-27/h6-14,16-21,24,28H,15,22-23H2,1-5H3/t24-,28-/m0/s1. The van der Waals surface area contributed by atoms with Crippen molar-refractivity contribution in [2.45, 2.75) is 86.9 Å². The highest BCUT2D eigenvalue weighted by atomic mass is 32.3. The van der Waals surface area contributed by atoms with E-state index in [1.165, 1.54) is 24.3 Å². The van der Waals surface area contributed by atoms with Gasteiger partial charge in [0.15, 0.2) is 0 Å². The molecule has 0 N–H and O–H groups in total. The molecule has 0 amide bonds. The van der Waals surface area contributed by atoms with E-state index in [0.717, 1.165) is 19.3 Å². The van der Waals surface area contributed by atoms with Gasteiger partial charge in [0, 0.05) is 11.1 Å². The fourth-order valence-corrected chi connectivity index (χ4v) is 9.58. The lowest BCUT2D eigenvalue weighted by atomic mass is 9.82. The first-order chi connectivity index (χ1) is 18.3. The number of hydrogen-bond donors (Lipinski definition) is 0. The maximum Gasteiger partial charge on any atom is 0.256 e. The summed E-state index contributed by atoms with van der Waals surface area (Å²) < 4.78 is 57.2. The van der Waals surface area contributed by atoms with Crippen LogP contribution in [0.15, 0.2) is 101 Å². The zero-order chi connectivity index (χ0) is 28.5. The summed E-state index contributed by atoms with van der Waals surface area (Å²) in [6, 6.07) is 23.4. The predicted molar refractivity (Wildman–Crippen MR) is 153 cm³/mol. The topological polar surface area (TPSA) is 84.0 Å². The smallest absolute Gasteiger partial charge is 0.256 e. The van der Waals surface area contributed by atoms with Crippen LogP contribution in [-0.2, 0) is 24.9 Å². The van der Waals surface area contributed by atoms with Crippen molar-refractivity contribution in [2.75, 3.05) is 0 Å². The second kappa shape index (κ2) is 11.1. The lowest BCUT2D eigenvalue weighted by Crippen LogP contribution is -2.59. The van der Waals surface area contributed by atoms with Gasteiger partial charge in [-0.15, -0.1) is 0 Å². The van der Waals surface area contributed by atoms with Crippen LogP contribution in [0.2, 0.25) is 0 Å². The summed E-state index contributed by atoms with van der Waals surface area (Å²) in [5.74, 6) is 0. The molecule has 0 radical (unpaired) electrons. The highest BCUT2D eigenvalue weighted by Crippen LogP contribution is 2.42.